The maximum Gasteiger partial charge on any atom is 0.301 e. The Kier molecular flexibility index (Phi) is 9.67. The molecule has 0 spiro atoms. The number of anilines is 1. The average Bonchev–Trinajstić information content (AvgIpc) is 2.71. The predicted molar refractivity (Wildman–Crippen MR) is 119 cm³/mol. The first kappa shape index (κ1) is 25.5. The molecule has 0 bridgehead atoms. The second-order valence-corrected chi connectivity index (χ2v) is 11.1. The highest BCUT2D eigenvalue weighted by atomic mass is 35.5. The molecular formula is C20H25ClF2N2O4S2. The summed E-state index contributed by atoms with van der Waals surface area (Å²) in [5, 5.41) is 0. The normalized spacial score (nSPS) is 15.8. The van der Waals surface area contributed by atoms with E-state index in [1.165, 1.54) is 30.3 Å². The maximum absolute atomic E-state index is 13.4. The number of rotatable bonds is 7. The van der Waals surface area contributed by atoms with Gasteiger partial charge in [0.25, 0.3) is 0 Å². The summed E-state index contributed by atoms with van der Waals surface area (Å²) in [7, 11) is -6.78. The lowest BCUT2D eigenvalue weighted by atomic mass is 10.2. The largest absolute Gasteiger partial charge is 0.301 e. The van der Waals surface area contributed by atoms with Gasteiger partial charge in [-0.05, 0) is 37.5 Å². The number of unbranched alkanes of at least 4 members (excludes halogenated alkanes) is 1. The number of nitrogens with one attached hydrogen (secondary N) is 1. The van der Waals surface area contributed by atoms with Gasteiger partial charge >= 0.3 is 10.2 Å². The van der Waals surface area contributed by atoms with E-state index in [0.717, 1.165) is 4.31 Å². The Labute approximate surface area is 187 Å². The van der Waals surface area contributed by atoms with Crippen LogP contribution in [0.25, 0.3) is 0 Å². The van der Waals surface area contributed by atoms with Crippen molar-refractivity contribution in [2.75, 3.05) is 29.0 Å². The minimum Gasteiger partial charge on any atom is -0.255 e. The minimum absolute atomic E-state index is 0.0635. The van der Waals surface area contributed by atoms with Gasteiger partial charge in [0.1, 0.15) is 11.6 Å². The van der Waals surface area contributed by atoms with E-state index in [1.807, 2.05) is 0 Å². The van der Waals surface area contributed by atoms with E-state index in [2.05, 4.69) is 4.72 Å². The molecule has 0 amide bonds. The zero-order chi connectivity index (χ0) is 22.9. The summed E-state index contributed by atoms with van der Waals surface area (Å²) in [5.41, 5.74) is 0.332. The second-order valence-electron chi connectivity index (χ2n) is 6.86. The third kappa shape index (κ3) is 8.03. The molecule has 1 fully saturated rings. The molecule has 2 aromatic carbocycles. The molecule has 3 rings (SSSR count). The van der Waals surface area contributed by atoms with E-state index in [9.17, 15) is 25.6 Å². The van der Waals surface area contributed by atoms with Gasteiger partial charge in [0.2, 0.25) is 0 Å². The smallest absolute Gasteiger partial charge is 0.255 e. The molecule has 0 radical (unpaired) electrons. The van der Waals surface area contributed by atoms with Crippen LogP contribution >= 0.6 is 11.6 Å². The first-order valence-corrected chi connectivity index (χ1v) is 13.5. The Balaban J connectivity index is 0.000000220. The molecule has 11 heteroatoms. The zero-order valence-corrected chi connectivity index (χ0v) is 19.2. The molecule has 172 valence electrons. The molecule has 0 atom stereocenters. The number of para-hydroxylation sites is 1. The first-order chi connectivity index (χ1) is 14.7. The molecule has 1 saturated heterocycles. The Morgan fingerprint density at radius 3 is 2.26 bits per heavy atom. The molecule has 0 unspecified atom stereocenters. The van der Waals surface area contributed by atoms with E-state index in [0.29, 0.717) is 38.2 Å². The number of alkyl halides is 1. The van der Waals surface area contributed by atoms with Gasteiger partial charge in [-0.1, -0.05) is 30.3 Å². The van der Waals surface area contributed by atoms with Crippen LogP contribution in [0.3, 0.4) is 0 Å². The van der Waals surface area contributed by atoms with Gasteiger partial charge < -0.3 is 0 Å². The lowest BCUT2D eigenvalue weighted by molar-refractivity contribution is 0.555. The Morgan fingerprint density at radius 1 is 1.00 bits per heavy atom. The zero-order valence-electron chi connectivity index (χ0n) is 16.8. The fourth-order valence-corrected chi connectivity index (χ4v) is 5.89. The van der Waals surface area contributed by atoms with Crippen LogP contribution in [0.15, 0.2) is 48.5 Å². The molecule has 6 nitrogen and oxygen atoms in total. The van der Waals surface area contributed by atoms with Gasteiger partial charge in [0, 0.05) is 24.5 Å². The van der Waals surface area contributed by atoms with Crippen molar-refractivity contribution >= 4 is 37.3 Å². The van der Waals surface area contributed by atoms with Crippen molar-refractivity contribution in [3.05, 3.63) is 65.7 Å². The average molecular weight is 495 g/mol. The fourth-order valence-electron chi connectivity index (χ4n) is 2.87. The molecule has 1 N–H and O–H groups in total. The molecule has 2 aromatic rings. The van der Waals surface area contributed by atoms with Gasteiger partial charge in [0.05, 0.1) is 17.2 Å². The molecule has 0 saturated carbocycles. The van der Waals surface area contributed by atoms with E-state index >= 15 is 0 Å². The van der Waals surface area contributed by atoms with Crippen LogP contribution in [0.4, 0.5) is 14.5 Å². The van der Waals surface area contributed by atoms with Crippen molar-refractivity contribution < 1.29 is 25.6 Å². The highest BCUT2D eigenvalue weighted by Crippen LogP contribution is 2.22. The van der Waals surface area contributed by atoms with Crippen LogP contribution in [0.1, 0.15) is 24.8 Å². The third-order valence-electron chi connectivity index (χ3n) is 4.41. The third-order valence-corrected chi connectivity index (χ3v) is 7.86. The summed E-state index contributed by atoms with van der Waals surface area (Å²) < 4.78 is 76.4. The van der Waals surface area contributed by atoms with Crippen LogP contribution in [0.2, 0.25) is 0 Å². The summed E-state index contributed by atoms with van der Waals surface area (Å²) >= 11 is 5.46. The molecule has 0 aromatic heterocycles. The van der Waals surface area contributed by atoms with Crippen molar-refractivity contribution in [1.29, 1.82) is 0 Å². The number of sulfone groups is 1. The van der Waals surface area contributed by atoms with Crippen molar-refractivity contribution in [2.24, 2.45) is 0 Å². The van der Waals surface area contributed by atoms with Gasteiger partial charge in [-0.2, -0.15) is 13.1 Å². The Morgan fingerprint density at radius 2 is 1.65 bits per heavy atom. The number of halogens is 3. The van der Waals surface area contributed by atoms with Crippen LogP contribution in [0, 0.1) is 11.6 Å². The number of benzene rings is 2. The van der Waals surface area contributed by atoms with Gasteiger partial charge in [0.15, 0.2) is 9.84 Å². The van der Waals surface area contributed by atoms with Gasteiger partial charge in [-0.3, -0.25) is 4.31 Å². The summed E-state index contributed by atoms with van der Waals surface area (Å²) in [6.07, 6.45) is 1.87. The second kappa shape index (κ2) is 11.8. The quantitative estimate of drug-likeness (QED) is 0.470. The highest BCUT2D eigenvalue weighted by Gasteiger charge is 2.27. The van der Waals surface area contributed by atoms with Crippen LogP contribution in [-0.2, 0) is 25.8 Å². The molecule has 1 aliphatic heterocycles. The summed E-state index contributed by atoms with van der Waals surface area (Å²) in [6.45, 7) is 0.726. The standard InChI is InChI=1S/C11H14ClFO2S.C9H11FN2O2S/c12-7-3-4-8-16(14,15)9-10-5-1-2-6-11(10)13;10-8-4-1-2-5-9(8)12-7-3-6-11-15(12,13)14/h1-2,5-6H,3-4,7-9H2;1-2,4-5,11H,3,6-7H2. The van der Waals surface area contributed by atoms with Crippen LogP contribution in [-0.4, -0.2) is 41.6 Å². The summed E-state index contributed by atoms with van der Waals surface area (Å²) in [5.74, 6) is -0.709. The van der Waals surface area contributed by atoms with Crippen molar-refractivity contribution in [3.8, 4) is 0 Å². The van der Waals surface area contributed by atoms with E-state index < -0.39 is 31.7 Å². The van der Waals surface area contributed by atoms with Crippen LogP contribution in [0.5, 0.6) is 0 Å². The minimum atomic E-state index is -3.56. The molecule has 0 aliphatic carbocycles. The lowest BCUT2D eigenvalue weighted by Gasteiger charge is -2.28. The maximum atomic E-state index is 13.4. The molecule has 31 heavy (non-hydrogen) atoms. The summed E-state index contributed by atoms with van der Waals surface area (Å²) in [4.78, 5) is 0. The van der Waals surface area contributed by atoms with Crippen molar-refractivity contribution in [1.82, 2.24) is 4.72 Å². The van der Waals surface area contributed by atoms with Crippen LogP contribution < -0.4 is 9.03 Å². The Bertz CT molecular complexity index is 1070. The number of nitrogens with zero attached hydrogens (tertiary/aromatic N) is 1. The number of hydrogen-bond acceptors (Lipinski definition) is 4. The van der Waals surface area contributed by atoms with Crippen molar-refractivity contribution in [3.63, 3.8) is 0 Å². The number of hydrogen-bond donors (Lipinski definition) is 1. The molecule has 1 aliphatic rings. The predicted octanol–water partition coefficient (Wildman–Crippen LogP) is 3.63. The Hall–Kier alpha value is -1.75. The molecule has 1 heterocycles. The van der Waals surface area contributed by atoms with Crippen molar-refractivity contribution in [2.45, 2.75) is 25.0 Å². The first-order valence-electron chi connectivity index (χ1n) is 9.68. The summed E-state index contributed by atoms with van der Waals surface area (Å²) in [6, 6.07) is 11.8. The van der Waals surface area contributed by atoms with E-state index in [4.69, 9.17) is 11.6 Å². The monoisotopic (exact) mass is 494 g/mol. The van der Waals surface area contributed by atoms with E-state index in [-0.39, 0.29) is 22.8 Å². The SMILES string of the molecule is O=S(=O)(CCCCCl)Cc1ccccc1F.O=S1(=O)NCCCN1c1ccccc1F. The fraction of sp³-hybridized carbons (Fsp3) is 0.400. The topological polar surface area (TPSA) is 83.5 Å². The van der Waals surface area contributed by atoms with Gasteiger partial charge in [-0.25, -0.2) is 17.2 Å². The lowest BCUT2D eigenvalue weighted by Crippen LogP contribution is -2.47. The molecular weight excluding hydrogens is 470 g/mol. The van der Waals surface area contributed by atoms with E-state index in [1.54, 1.807) is 18.2 Å². The van der Waals surface area contributed by atoms with Gasteiger partial charge in [-0.15, -0.1) is 11.6 Å². The highest BCUT2D eigenvalue weighted by molar-refractivity contribution is 7.91.